The average Bonchev–Trinajstić information content (AvgIpc) is 3.33. The molecule has 0 N–H and O–H groups in total. The van der Waals surface area contributed by atoms with Crippen LogP contribution in [0.5, 0.6) is 0 Å². The van der Waals surface area contributed by atoms with Crippen LogP contribution in [0.1, 0.15) is 40.3 Å². The predicted octanol–water partition coefficient (Wildman–Crippen LogP) is 5.72. The van der Waals surface area contributed by atoms with E-state index in [2.05, 4.69) is 35.4 Å². The van der Waals surface area contributed by atoms with E-state index < -0.39 is 0 Å². The van der Waals surface area contributed by atoms with Gasteiger partial charge < -0.3 is 0 Å². The lowest BCUT2D eigenvalue weighted by Crippen LogP contribution is -2.17. The van der Waals surface area contributed by atoms with Crippen LogP contribution in [0.15, 0.2) is 73.1 Å². The van der Waals surface area contributed by atoms with Crippen LogP contribution in [0.3, 0.4) is 0 Å². The number of hydrogen-bond acceptors (Lipinski definition) is 2. The molecule has 2 heterocycles. The van der Waals surface area contributed by atoms with Gasteiger partial charge in [0.25, 0.3) is 0 Å². The summed E-state index contributed by atoms with van der Waals surface area (Å²) in [5.41, 5.74) is 8.31. The molecule has 0 amide bonds. The molecule has 1 unspecified atom stereocenters. The minimum Gasteiger partial charge on any atom is -0.233 e. The highest BCUT2D eigenvalue weighted by atomic mass is 19.1. The highest BCUT2D eigenvalue weighted by Crippen LogP contribution is 2.45. The summed E-state index contributed by atoms with van der Waals surface area (Å²) >= 11 is 0. The van der Waals surface area contributed by atoms with Crippen molar-refractivity contribution in [2.75, 3.05) is 0 Å². The zero-order valence-corrected chi connectivity index (χ0v) is 16.4. The summed E-state index contributed by atoms with van der Waals surface area (Å²) in [6.07, 6.45) is 11.1. The Bertz CT molecular complexity index is 1290. The molecule has 2 aromatic carbocycles. The fourth-order valence-electron chi connectivity index (χ4n) is 4.90. The maximum absolute atomic E-state index is 14.3. The van der Waals surface area contributed by atoms with Crippen LogP contribution in [0.4, 0.5) is 4.39 Å². The monoisotopic (exact) mass is 393 g/mol. The molecular formula is C26H20FN3. The van der Waals surface area contributed by atoms with Crippen molar-refractivity contribution in [3.8, 4) is 16.9 Å². The molecule has 4 heteroatoms. The molecule has 6 rings (SSSR count). The topological polar surface area (TPSA) is 30.7 Å². The van der Waals surface area contributed by atoms with E-state index in [0.29, 0.717) is 0 Å². The molecule has 2 aromatic heterocycles. The van der Waals surface area contributed by atoms with Gasteiger partial charge >= 0.3 is 0 Å². The molecule has 30 heavy (non-hydrogen) atoms. The molecular weight excluding hydrogens is 373 g/mol. The highest BCUT2D eigenvalue weighted by molar-refractivity contribution is 5.79. The average molecular weight is 393 g/mol. The Morgan fingerprint density at radius 2 is 1.93 bits per heavy atom. The summed E-state index contributed by atoms with van der Waals surface area (Å²) in [4.78, 5) is 4.94. The van der Waals surface area contributed by atoms with E-state index in [4.69, 9.17) is 4.98 Å². The molecule has 3 nitrogen and oxygen atoms in total. The molecule has 1 atom stereocenters. The van der Waals surface area contributed by atoms with Gasteiger partial charge in [-0.3, -0.25) is 0 Å². The number of fused-ring (bicyclic) bond motifs is 5. The smallest absolute Gasteiger partial charge is 0.153 e. The number of pyridine rings is 1. The Balaban J connectivity index is 1.54. The van der Waals surface area contributed by atoms with Crippen molar-refractivity contribution in [1.82, 2.24) is 14.8 Å². The van der Waals surface area contributed by atoms with Gasteiger partial charge in [0, 0.05) is 18.3 Å². The highest BCUT2D eigenvalue weighted by Gasteiger charge is 2.30. The largest absolute Gasteiger partial charge is 0.233 e. The zero-order valence-electron chi connectivity index (χ0n) is 16.4. The molecule has 4 aromatic rings. The van der Waals surface area contributed by atoms with Gasteiger partial charge in [-0.1, -0.05) is 36.4 Å². The lowest BCUT2D eigenvalue weighted by Gasteiger charge is -2.31. The molecule has 0 saturated carbocycles. The molecule has 0 aliphatic heterocycles. The van der Waals surface area contributed by atoms with Crippen molar-refractivity contribution in [1.29, 1.82) is 0 Å². The van der Waals surface area contributed by atoms with Gasteiger partial charge in [0.15, 0.2) is 5.82 Å². The third-order valence-corrected chi connectivity index (χ3v) is 6.27. The van der Waals surface area contributed by atoms with Crippen LogP contribution in [0.25, 0.3) is 23.0 Å². The molecule has 0 bridgehead atoms. The molecule has 0 spiro atoms. The molecule has 0 saturated heterocycles. The maximum Gasteiger partial charge on any atom is 0.153 e. The van der Waals surface area contributed by atoms with Crippen LogP contribution in [0.2, 0.25) is 0 Å². The van der Waals surface area contributed by atoms with E-state index in [0.717, 1.165) is 47.5 Å². The summed E-state index contributed by atoms with van der Waals surface area (Å²) in [5.74, 6) is 0.683. The second-order valence-electron chi connectivity index (χ2n) is 7.96. The number of hydrogen-bond donors (Lipinski definition) is 0. The first-order chi connectivity index (χ1) is 14.8. The number of benzene rings is 2. The van der Waals surface area contributed by atoms with E-state index in [-0.39, 0.29) is 11.7 Å². The number of allylic oxidation sites excluding steroid dienone is 1. The maximum atomic E-state index is 14.3. The van der Waals surface area contributed by atoms with Crippen molar-refractivity contribution in [3.05, 3.63) is 107 Å². The molecule has 0 radical (unpaired) electrons. The Morgan fingerprint density at radius 3 is 2.83 bits per heavy atom. The van der Waals surface area contributed by atoms with Gasteiger partial charge in [0.2, 0.25) is 0 Å². The first-order valence-corrected chi connectivity index (χ1v) is 10.4. The Hall–Kier alpha value is -3.53. The lowest BCUT2D eigenvalue weighted by atomic mass is 9.73. The second kappa shape index (κ2) is 6.77. The summed E-state index contributed by atoms with van der Waals surface area (Å²) in [5, 5.41) is 4.32. The number of halogens is 1. The predicted molar refractivity (Wildman–Crippen MR) is 116 cm³/mol. The SMILES string of the molecule is Fc1ccc2c(c1)-c1ccc3c(c1CC2c1cccc(-n2cccn2)n1)CCC=C3. The first-order valence-electron chi connectivity index (χ1n) is 10.4. The van der Waals surface area contributed by atoms with Gasteiger partial charge in [-0.15, -0.1) is 0 Å². The van der Waals surface area contributed by atoms with E-state index in [1.807, 2.05) is 30.5 Å². The molecule has 146 valence electrons. The first kappa shape index (κ1) is 17.3. The van der Waals surface area contributed by atoms with Crippen molar-refractivity contribution in [2.24, 2.45) is 0 Å². The zero-order chi connectivity index (χ0) is 20.1. The van der Waals surface area contributed by atoms with Crippen LogP contribution >= 0.6 is 0 Å². The Morgan fingerprint density at radius 1 is 0.967 bits per heavy atom. The summed E-state index contributed by atoms with van der Waals surface area (Å²) in [6.45, 7) is 0. The Kier molecular flexibility index (Phi) is 3.91. The van der Waals surface area contributed by atoms with E-state index in [9.17, 15) is 4.39 Å². The van der Waals surface area contributed by atoms with Crippen molar-refractivity contribution >= 4 is 6.08 Å². The second-order valence-corrected chi connectivity index (χ2v) is 7.96. The lowest BCUT2D eigenvalue weighted by molar-refractivity contribution is 0.625. The summed E-state index contributed by atoms with van der Waals surface area (Å²) in [7, 11) is 0. The number of nitrogens with zero attached hydrogens (tertiary/aromatic N) is 3. The number of rotatable bonds is 2. The van der Waals surface area contributed by atoms with E-state index in [1.54, 1.807) is 23.0 Å². The van der Waals surface area contributed by atoms with Gasteiger partial charge in [-0.2, -0.15) is 5.10 Å². The normalized spacial score (nSPS) is 16.6. The Labute approximate surface area is 174 Å². The third kappa shape index (κ3) is 2.71. The minimum absolute atomic E-state index is 0.0843. The van der Waals surface area contributed by atoms with Crippen molar-refractivity contribution < 1.29 is 4.39 Å². The van der Waals surface area contributed by atoms with Crippen LogP contribution in [0, 0.1) is 5.82 Å². The van der Waals surface area contributed by atoms with Gasteiger partial charge in [-0.05, 0) is 83.0 Å². The van der Waals surface area contributed by atoms with Crippen LogP contribution in [-0.2, 0) is 12.8 Å². The third-order valence-electron chi connectivity index (χ3n) is 6.27. The van der Waals surface area contributed by atoms with Crippen molar-refractivity contribution in [2.45, 2.75) is 25.2 Å². The molecule has 2 aliphatic rings. The van der Waals surface area contributed by atoms with Crippen molar-refractivity contribution in [3.63, 3.8) is 0 Å². The summed E-state index contributed by atoms with van der Waals surface area (Å²) < 4.78 is 16.0. The quantitative estimate of drug-likeness (QED) is 0.436. The minimum atomic E-state index is -0.198. The fraction of sp³-hybridized carbons (Fsp3) is 0.154. The van der Waals surface area contributed by atoms with Gasteiger partial charge in [0.1, 0.15) is 5.82 Å². The van der Waals surface area contributed by atoms with E-state index >= 15 is 0 Å². The van der Waals surface area contributed by atoms with Crippen LogP contribution in [-0.4, -0.2) is 14.8 Å². The van der Waals surface area contributed by atoms with E-state index in [1.165, 1.54) is 16.7 Å². The van der Waals surface area contributed by atoms with Gasteiger partial charge in [-0.25, -0.2) is 14.1 Å². The fourth-order valence-corrected chi connectivity index (χ4v) is 4.90. The summed E-state index contributed by atoms with van der Waals surface area (Å²) in [6, 6.07) is 17.5. The molecule has 0 fully saturated rings. The standard InChI is InChI=1S/C26H20FN3/c27-18-10-12-21-22(15-18)20-11-9-17-5-1-2-6-19(17)23(20)16-24(21)25-7-3-8-26(29-25)30-14-4-13-28-30/h1,3-5,7-15,24H,2,6,16H2. The molecule has 2 aliphatic carbocycles. The van der Waals surface area contributed by atoms with Crippen LogP contribution < -0.4 is 0 Å². The van der Waals surface area contributed by atoms with Gasteiger partial charge in [0.05, 0.1) is 5.69 Å². The number of aromatic nitrogens is 3.